The molecule has 1 aromatic carbocycles. The van der Waals surface area contributed by atoms with Crippen molar-refractivity contribution in [3.05, 3.63) is 29.8 Å². The van der Waals surface area contributed by atoms with Crippen LogP contribution >= 0.6 is 0 Å². The molecule has 1 aliphatic carbocycles. The van der Waals surface area contributed by atoms with Gasteiger partial charge in [0.15, 0.2) is 0 Å². The summed E-state index contributed by atoms with van der Waals surface area (Å²) in [6.07, 6.45) is 1.44. The number of carbonyl (C=O) groups is 1. The molecule has 5 heteroatoms. The topological polar surface area (TPSA) is 70.6 Å². The molecule has 1 saturated carbocycles. The van der Waals surface area contributed by atoms with E-state index in [2.05, 4.69) is 10.6 Å². The first kappa shape index (κ1) is 14.7. The fourth-order valence-electron chi connectivity index (χ4n) is 1.84. The molecule has 0 heterocycles. The van der Waals surface area contributed by atoms with E-state index < -0.39 is 6.10 Å². The van der Waals surface area contributed by atoms with Crippen LogP contribution in [0.4, 0.5) is 4.79 Å². The smallest absolute Gasteiger partial charge is 0.315 e. The van der Waals surface area contributed by atoms with E-state index in [4.69, 9.17) is 4.74 Å². The Hall–Kier alpha value is -1.75. The fourth-order valence-corrected chi connectivity index (χ4v) is 1.84. The van der Waals surface area contributed by atoms with Gasteiger partial charge in [0, 0.05) is 12.6 Å². The van der Waals surface area contributed by atoms with E-state index in [1.54, 1.807) is 6.07 Å². The van der Waals surface area contributed by atoms with E-state index in [9.17, 15) is 9.90 Å². The van der Waals surface area contributed by atoms with E-state index in [0.29, 0.717) is 6.04 Å². The van der Waals surface area contributed by atoms with Crippen LogP contribution in [0.15, 0.2) is 24.3 Å². The Morgan fingerprint density at radius 3 is 2.85 bits per heavy atom. The van der Waals surface area contributed by atoms with Gasteiger partial charge in [0.25, 0.3) is 0 Å². The summed E-state index contributed by atoms with van der Waals surface area (Å²) < 4.78 is 5.58. The second kappa shape index (κ2) is 6.61. The van der Waals surface area contributed by atoms with Gasteiger partial charge in [-0.1, -0.05) is 12.1 Å². The van der Waals surface area contributed by atoms with Gasteiger partial charge in [0.05, 0.1) is 12.2 Å². The number of ether oxygens (including phenoxy) is 1. The van der Waals surface area contributed by atoms with Crippen LogP contribution < -0.4 is 15.4 Å². The summed E-state index contributed by atoms with van der Waals surface area (Å²) in [7, 11) is 0. The Balaban J connectivity index is 1.84. The van der Waals surface area contributed by atoms with Gasteiger partial charge in [-0.25, -0.2) is 4.79 Å². The monoisotopic (exact) mass is 278 g/mol. The Labute approximate surface area is 119 Å². The van der Waals surface area contributed by atoms with Gasteiger partial charge in [-0.3, -0.25) is 0 Å². The Bertz CT molecular complexity index is 458. The van der Waals surface area contributed by atoms with Crippen molar-refractivity contribution >= 4 is 6.03 Å². The maximum absolute atomic E-state index is 11.5. The lowest BCUT2D eigenvalue weighted by Crippen LogP contribution is -2.38. The molecule has 2 rings (SSSR count). The second-order valence-corrected chi connectivity index (χ2v) is 5.38. The van der Waals surface area contributed by atoms with Crippen LogP contribution in [0, 0.1) is 0 Å². The molecule has 1 aromatic rings. The van der Waals surface area contributed by atoms with E-state index in [1.165, 1.54) is 0 Å². The van der Waals surface area contributed by atoms with Crippen LogP contribution in [0.1, 0.15) is 38.4 Å². The summed E-state index contributed by atoms with van der Waals surface area (Å²) in [5, 5.41) is 15.6. The van der Waals surface area contributed by atoms with E-state index in [-0.39, 0.29) is 18.7 Å². The minimum absolute atomic E-state index is 0.0878. The third-order valence-electron chi connectivity index (χ3n) is 2.98. The third kappa shape index (κ3) is 4.74. The molecule has 0 aliphatic heterocycles. The predicted molar refractivity (Wildman–Crippen MR) is 76.7 cm³/mol. The largest absolute Gasteiger partial charge is 0.491 e. The summed E-state index contributed by atoms with van der Waals surface area (Å²) >= 11 is 0. The molecular weight excluding hydrogens is 256 g/mol. The van der Waals surface area contributed by atoms with E-state index in [1.807, 2.05) is 32.0 Å². The molecule has 2 amide bonds. The summed E-state index contributed by atoms with van der Waals surface area (Å²) in [4.78, 5) is 11.5. The zero-order chi connectivity index (χ0) is 14.5. The van der Waals surface area contributed by atoms with Crippen molar-refractivity contribution in [1.29, 1.82) is 0 Å². The van der Waals surface area contributed by atoms with Crippen LogP contribution in [0.5, 0.6) is 5.75 Å². The second-order valence-electron chi connectivity index (χ2n) is 5.38. The molecule has 0 radical (unpaired) electrons. The van der Waals surface area contributed by atoms with Crippen molar-refractivity contribution < 1.29 is 14.6 Å². The van der Waals surface area contributed by atoms with Gasteiger partial charge in [-0.05, 0) is 44.4 Å². The van der Waals surface area contributed by atoms with Gasteiger partial charge in [-0.2, -0.15) is 0 Å². The summed E-state index contributed by atoms with van der Waals surface area (Å²) in [6, 6.07) is 7.39. The molecule has 110 valence electrons. The first-order valence-corrected chi connectivity index (χ1v) is 7.03. The number of hydrogen-bond donors (Lipinski definition) is 3. The molecule has 5 nitrogen and oxygen atoms in total. The van der Waals surface area contributed by atoms with Crippen LogP contribution in [0.2, 0.25) is 0 Å². The number of urea groups is 1. The average Bonchev–Trinajstić information content (AvgIpc) is 3.19. The highest BCUT2D eigenvalue weighted by Gasteiger charge is 2.23. The van der Waals surface area contributed by atoms with Crippen LogP contribution in [0.25, 0.3) is 0 Å². The van der Waals surface area contributed by atoms with Crippen LogP contribution in [-0.4, -0.2) is 29.8 Å². The first-order valence-electron chi connectivity index (χ1n) is 7.03. The minimum atomic E-state index is -0.740. The lowest BCUT2D eigenvalue weighted by molar-refractivity contribution is 0.172. The summed E-state index contributed by atoms with van der Waals surface area (Å²) in [5.74, 6) is 0.721. The van der Waals surface area contributed by atoms with Gasteiger partial charge < -0.3 is 20.5 Å². The summed E-state index contributed by atoms with van der Waals surface area (Å²) in [6.45, 7) is 4.09. The molecule has 20 heavy (non-hydrogen) atoms. The van der Waals surface area contributed by atoms with Crippen molar-refractivity contribution in [1.82, 2.24) is 10.6 Å². The Morgan fingerprint density at radius 1 is 1.45 bits per heavy atom. The molecule has 0 spiro atoms. The van der Waals surface area contributed by atoms with Crippen LogP contribution in [-0.2, 0) is 0 Å². The average molecular weight is 278 g/mol. The van der Waals surface area contributed by atoms with Crippen molar-refractivity contribution in [3.63, 3.8) is 0 Å². The molecule has 1 aliphatic rings. The van der Waals surface area contributed by atoms with E-state index >= 15 is 0 Å². The Morgan fingerprint density at radius 2 is 2.20 bits per heavy atom. The van der Waals surface area contributed by atoms with Gasteiger partial charge in [-0.15, -0.1) is 0 Å². The molecule has 0 bridgehead atoms. The van der Waals surface area contributed by atoms with Crippen molar-refractivity contribution in [2.24, 2.45) is 0 Å². The van der Waals surface area contributed by atoms with Gasteiger partial charge in [0.2, 0.25) is 0 Å². The van der Waals surface area contributed by atoms with Crippen molar-refractivity contribution in [2.45, 2.75) is 44.9 Å². The Kier molecular flexibility index (Phi) is 4.84. The van der Waals surface area contributed by atoms with E-state index in [0.717, 1.165) is 24.2 Å². The molecule has 3 N–H and O–H groups in total. The van der Waals surface area contributed by atoms with Crippen molar-refractivity contribution in [2.75, 3.05) is 6.54 Å². The number of benzene rings is 1. The number of hydrogen-bond acceptors (Lipinski definition) is 3. The molecule has 1 fully saturated rings. The predicted octanol–water partition coefficient (Wildman–Crippen LogP) is 1.97. The normalized spacial score (nSPS) is 15.8. The maximum Gasteiger partial charge on any atom is 0.315 e. The SMILES string of the molecule is CC(C)Oc1cccc([C@@H](O)CNC(=O)NC2CC2)c1. The maximum atomic E-state index is 11.5. The highest BCUT2D eigenvalue weighted by molar-refractivity contribution is 5.74. The molecule has 1 atom stereocenters. The zero-order valence-electron chi connectivity index (χ0n) is 11.9. The third-order valence-corrected chi connectivity index (χ3v) is 2.98. The number of rotatable bonds is 6. The number of nitrogens with one attached hydrogen (secondary N) is 2. The number of carbonyl (C=O) groups excluding carboxylic acids is 1. The quantitative estimate of drug-likeness (QED) is 0.745. The van der Waals surface area contributed by atoms with Gasteiger partial charge in [0.1, 0.15) is 5.75 Å². The fraction of sp³-hybridized carbons (Fsp3) is 0.533. The zero-order valence-corrected chi connectivity index (χ0v) is 11.9. The molecule has 0 unspecified atom stereocenters. The standard InChI is InChI=1S/C15H22N2O3/c1-10(2)20-13-5-3-4-11(8-13)14(18)9-16-15(19)17-12-6-7-12/h3-5,8,10,12,14,18H,6-7,9H2,1-2H3,(H2,16,17,19)/t14-/m0/s1. The highest BCUT2D eigenvalue weighted by Crippen LogP contribution is 2.20. The molecular formula is C15H22N2O3. The highest BCUT2D eigenvalue weighted by atomic mass is 16.5. The lowest BCUT2D eigenvalue weighted by Gasteiger charge is -2.15. The number of aliphatic hydroxyl groups is 1. The van der Waals surface area contributed by atoms with Gasteiger partial charge >= 0.3 is 6.03 Å². The first-order chi connectivity index (χ1) is 9.54. The number of aliphatic hydroxyl groups excluding tert-OH is 1. The van der Waals surface area contributed by atoms with Crippen molar-refractivity contribution in [3.8, 4) is 5.75 Å². The lowest BCUT2D eigenvalue weighted by atomic mass is 10.1. The summed E-state index contributed by atoms with van der Waals surface area (Å²) in [5.41, 5.74) is 0.731. The molecule has 0 aromatic heterocycles. The minimum Gasteiger partial charge on any atom is -0.491 e. The molecule has 0 saturated heterocycles. The van der Waals surface area contributed by atoms with Crippen LogP contribution in [0.3, 0.4) is 0 Å². The number of amides is 2.